The highest BCUT2D eigenvalue weighted by Gasteiger charge is 2.33. The summed E-state index contributed by atoms with van der Waals surface area (Å²) in [4.78, 5) is 11.5. The molecule has 1 aliphatic carbocycles. The Kier molecular flexibility index (Phi) is 6.39. The molecule has 3 nitrogen and oxygen atoms in total. The molecule has 112 valence electrons. The van der Waals surface area contributed by atoms with Gasteiger partial charge < -0.3 is 10.1 Å². The molecule has 0 aromatic carbocycles. The monoisotopic (exact) mass is 301 g/mol. The van der Waals surface area contributed by atoms with Gasteiger partial charge in [-0.05, 0) is 12.8 Å². The number of carbonyl (C=O) groups is 1. The summed E-state index contributed by atoms with van der Waals surface area (Å²) in [5.41, 5.74) is -0.0377. The first-order chi connectivity index (χ1) is 8.87. The number of halogens is 4. The van der Waals surface area contributed by atoms with Gasteiger partial charge >= 0.3 is 6.18 Å². The van der Waals surface area contributed by atoms with Crippen molar-refractivity contribution in [2.45, 2.75) is 38.3 Å². The fourth-order valence-corrected chi connectivity index (χ4v) is 2.57. The van der Waals surface area contributed by atoms with Crippen LogP contribution in [0.1, 0.15) is 32.1 Å². The van der Waals surface area contributed by atoms with Gasteiger partial charge in [0.1, 0.15) is 6.61 Å². The molecule has 1 aliphatic rings. The summed E-state index contributed by atoms with van der Waals surface area (Å²) >= 11 is 5.92. The topological polar surface area (TPSA) is 38.3 Å². The molecular weight excluding hydrogens is 283 g/mol. The Hall–Kier alpha value is -0.490. The van der Waals surface area contributed by atoms with Gasteiger partial charge in [-0.1, -0.05) is 12.8 Å². The van der Waals surface area contributed by atoms with E-state index in [0.29, 0.717) is 12.4 Å². The van der Waals surface area contributed by atoms with Gasteiger partial charge in [0.2, 0.25) is 5.91 Å². The highest BCUT2D eigenvalue weighted by Crippen LogP contribution is 2.38. The van der Waals surface area contributed by atoms with E-state index in [4.69, 9.17) is 11.6 Å². The number of amides is 1. The fourth-order valence-electron chi connectivity index (χ4n) is 2.21. The van der Waals surface area contributed by atoms with Crippen LogP contribution >= 0.6 is 11.6 Å². The van der Waals surface area contributed by atoms with Crippen molar-refractivity contribution in [1.29, 1.82) is 0 Å². The maximum Gasteiger partial charge on any atom is 0.411 e. The molecule has 1 saturated carbocycles. The predicted molar refractivity (Wildman–Crippen MR) is 66.1 cm³/mol. The van der Waals surface area contributed by atoms with E-state index in [1.807, 2.05) is 0 Å². The van der Waals surface area contributed by atoms with Crippen LogP contribution in [0.15, 0.2) is 0 Å². The van der Waals surface area contributed by atoms with E-state index in [1.54, 1.807) is 0 Å². The van der Waals surface area contributed by atoms with Crippen molar-refractivity contribution in [3.05, 3.63) is 0 Å². The first-order valence-electron chi connectivity index (χ1n) is 6.34. The SMILES string of the molecule is O=C(CCOCC(F)(F)F)NCC1(CCl)CCCC1. The third-order valence-electron chi connectivity index (χ3n) is 3.35. The Labute approximate surface area is 115 Å². The number of rotatable bonds is 7. The highest BCUT2D eigenvalue weighted by molar-refractivity contribution is 6.18. The van der Waals surface area contributed by atoms with Gasteiger partial charge in [-0.25, -0.2) is 0 Å². The second-order valence-corrected chi connectivity index (χ2v) is 5.30. The van der Waals surface area contributed by atoms with Gasteiger partial charge in [-0.15, -0.1) is 11.6 Å². The average molecular weight is 302 g/mol. The maximum atomic E-state index is 11.8. The van der Waals surface area contributed by atoms with Crippen LogP contribution in [0, 0.1) is 5.41 Å². The van der Waals surface area contributed by atoms with E-state index >= 15 is 0 Å². The normalized spacial score (nSPS) is 18.5. The molecule has 1 rings (SSSR count). The molecule has 0 aliphatic heterocycles. The molecule has 0 spiro atoms. The van der Waals surface area contributed by atoms with Crippen molar-refractivity contribution in [3.63, 3.8) is 0 Å². The first-order valence-corrected chi connectivity index (χ1v) is 6.88. The fraction of sp³-hybridized carbons (Fsp3) is 0.917. The number of carbonyl (C=O) groups excluding carboxylic acids is 1. The van der Waals surface area contributed by atoms with E-state index < -0.39 is 12.8 Å². The van der Waals surface area contributed by atoms with Crippen LogP contribution in [0.25, 0.3) is 0 Å². The van der Waals surface area contributed by atoms with Gasteiger partial charge in [0.15, 0.2) is 0 Å². The molecule has 0 aromatic heterocycles. The largest absolute Gasteiger partial charge is 0.411 e. The molecule has 1 amide bonds. The second-order valence-electron chi connectivity index (χ2n) is 5.04. The summed E-state index contributed by atoms with van der Waals surface area (Å²) in [6, 6.07) is 0. The van der Waals surface area contributed by atoms with Gasteiger partial charge in [0, 0.05) is 24.3 Å². The van der Waals surface area contributed by atoms with Crippen LogP contribution in [0.4, 0.5) is 13.2 Å². The van der Waals surface area contributed by atoms with Gasteiger partial charge in [-0.2, -0.15) is 13.2 Å². The Balaban J connectivity index is 2.14. The maximum absolute atomic E-state index is 11.8. The molecule has 0 bridgehead atoms. The van der Waals surface area contributed by atoms with Crippen LogP contribution in [-0.4, -0.2) is 37.7 Å². The zero-order valence-electron chi connectivity index (χ0n) is 10.7. The van der Waals surface area contributed by atoms with E-state index in [9.17, 15) is 18.0 Å². The van der Waals surface area contributed by atoms with Crippen molar-refractivity contribution in [2.24, 2.45) is 5.41 Å². The predicted octanol–water partition coefficient (Wildman–Crippen LogP) is 2.87. The van der Waals surface area contributed by atoms with Gasteiger partial charge in [0.25, 0.3) is 0 Å². The molecule has 0 unspecified atom stereocenters. The van der Waals surface area contributed by atoms with Crippen molar-refractivity contribution in [3.8, 4) is 0 Å². The van der Waals surface area contributed by atoms with E-state index in [2.05, 4.69) is 10.1 Å². The average Bonchev–Trinajstić information content (AvgIpc) is 2.80. The quantitative estimate of drug-likeness (QED) is 0.580. The van der Waals surface area contributed by atoms with Crippen LogP contribution in [0.5, 0.6) is 0 Å². The van der Waals surface area contributed by atoms with Crippen LogP contribution in [0.3, 0.4) is 0 Å². The Bertz CT molecular complexity index is 291. The number of alkyl halides is 4. The zero-order valence-corrected chi connectivity index (χ0v) is 11.4. The second kappa shape index (κ2) is 7.33. The van der Waals surface area contributed by atoms with E-state index in [1.165, 1.54) is 0 Å². The lowest BCUT2D eigenvalue weighted by atomic mass is 9.88. The first kappa shape index (κ1) is 16.6. The minimum Gasteiger partial charge on any atom is -0.372 e. The zero-order chi connectivity index (χ0) is 14.4. The minimum absolute atomic E-state index is 0.0377. The molecule has 0 heterocycles. The standard InChI is InChI=1S/C12H19ClF3NO2/c13-7-11(4-1-2-5-11)8-17-10(18)3-6-19-9-12(14,15)16/h1-9H2,(H,17,18). The van der Waals surface area contributed by atoms with Crippen molar-refractivity contribution in [1.82, 2.24) is 5.32 Å². The molecule has 0 saturated heterocycles. The van der Waals surface area contributed by atoms with E-state index in [-0.39, 0.29) is 24.3 Å². The Morgan fingerprint density at radius 2 is 1.95 bits per heavy atom. The molecule has 0 aromatic rings. The summed E-state index contributed by atoms with van der Waals surface area (Å²) in [5.74, 6) is 0.205. The Morgan fingerprint density at radius 3 is 2.47 bits per heavy atom. The number of nitrogens with one attached hydrogen (secondary N) is 1. The van der Waals surface area contributed by atoms with Crippen molar-refractivity contribution >= 4 is 17.5 Å². The molecule has 19 heavy (non-hydrogen) atoms. The van der Waals surface area contributed by atoms with Crippen LogP contribution in [0.2, 0.25) is 0 Å². The van der Waals surface area contributed by atoms with Crippen molar-refractivity contribution in [2.75, 3.05) is 25.6 Å². The number of hydrogen-bond acceptors (Lipinski definition) is 2. The summed E-state index contributed by atoms with van der Waals surface area (Å²) in [7, 11) is 0. The number of ether oxygens (including phenoxy) is 1. The molecule has 1 fully saturated rings. The molecule has 0 atom stereocenters. The summed E-state index contributed by atoms with van der Waals surface area (Å²) < 4.78 is 39.7. The van der Waals surface area contributed by atoms with Crippen LogP contribution < -0.4 is 5.32 Å². The minimum atomic E-state index is -4.34. The van der Waals surface area contributed by atoms with E-state index in [0.717, 1.165) is 25.7 Å². The lowest BCUT2D eigenvalue weighted by Gasteiger charge is -2.26. The molecule has 1 N–H and O–H groups in total. The molecular formula is C12H19ClF3NO2. The Morgan fingerprint density at radius 1 is 1.32 bits per heavy atom. The summed E-state index contributed by atoms with van der Waals surface area (Å²) in [6.45, 7) is -1.04. The van der Waals surface area contributed by atoms with Crippen molar-refractivity contribution < 1.29 is 22.7 Å². The summed E-state index contributed by atoms with van der Waals surface area (Å²) in [6.07, 6.45) is -0.214. The van der Waals surface area contributed by atoms with Gasteiger partial charge in [0.05, 0.1) is 6.61 Å². The molecule has 7 heteroatoms. The summed E-state index contributed by atoms with van der Waals surface area (Å²) in [5, 5.41) is 2.73. The smallest absolute Gasteiger partial charge is 0.372 e. The lowest BCUT2D eigenvalue weighted by molar-refractivity contribution is -0.174. The van der Waals surface area contributed by atoms with Crippen LogP contribution in [-0.2, 0) is 9.53 Å². The highest BCUT2D eigenvalue weighted by atomic mass is 35.5. The molecule has 0 radical (unpaired) electrons. The van der Waals surface area contributed by atoms with Gasteiger partial charge in [-0.3, -0.25) is 4.79 Å². The number of hydrogen-bond donors (Lipinski definition) is 1. The third-order valence-corrected chi connectivity index (χ3v) is 3.91. The third kappa shape index (κ3) is 6.47. The lowest BCUT2D eigenvalue weighted by Crippen LogP contribution is -2.37.